The van der Waals surface area contributed by atoms with Crippen LogP contribution in [0, 0.1) is 27.7 Å². The van der Waals surface area contributed by atoms with Crippen molar-refractivity contribution in [2.45, 2.75) is 27.7 Å². The van der Waals surface area contributed by atoms with Crippen LogP contribution in [0.5, 0.6) is 0 Å². The van der Waals surface area contributed by atoms with Crippen LogP contribution in [-0.2, 0) is 0 Å². The Morgan fingerprint density at radius 2 is 0.488 bits per heavy atom. The number of hydrogen-bond acceptors (Lipinski definition) is 0. The van der Waals surface area contributed by atoms with Crippen molar-refractivity contribution in [2.24, 2.45) is 0 Å². The largest absolute Gasteiger partial charge is 0.375 e. The van der Waals surface area contributed by atoms with Gasteiger partial charge in [-0.1, -0.05) is 253 Å². The van der Waals surface area contributed by atoms with Gasteiger partial charge in [-0.2, -0.15) is 0 Å². The second-order valence-corrected chi connectivity index (χ2v) is 24.1. The van der Waals surface area contributed by atoms with Crippen molar-refractivity contribution in [3.05, 3.63) is 301 Å². The zero-order chi connectivity index (χ0) is 57.3. The number of aromatic nitrogens is 2. The molecule has 13 aromatic carbocycles. The molecule has 0 saturated heterocycles. The second kappa shape index (κ2) is 19.6. The number of aryl methyl sites for hydroxylation is 4. The van der Waals surface area contributed by atoms with Gasteiger partial charge in [-0.15, -0.1) is 0 Å². The van der Waals surface area contributed by atoms with Crippen LogP contribution in [0.2, 0.25) is 0 Å². The van der Waals surface area contributed by atoms with Gasteiger partial charge in [0, 0.05) is 54.7 Å². The highest BCUT2D eigenvalue weighted by molar-refractivity contribution is 6.90. The van der Waals surface area contributed by atoms with Gasteiger partial charge in [0.15, 0.2) is 0 Å². The summed E-state index contributed by atoms with van der Waals surface area (Å²) in [5, 5.41) is 5.06. The summed E-state index contributed by atoms with van der Waals surface area (Å²) in [5.41, 5.74) is 35.1. The van der Waals surface area contributed by atoms with E-state index in [0.717, 1.165) is 0 Å². The van der Waals surface area contributed by atoms with Gasteiger partial charge >= 0.3 is 13.7 Å². The van der Waals surface area contributed by atoms with E-state index in [9.17, 15) is 0 Å². The molecular weight excluding hydrogens is 1030 g/mol. The van der Waals surface area contributed by atoms with Gasteiger partial charge in [0.2, 0.25) is 0 Å². The maximum absolute atomic E-state index is 2.74. The third kappa shape index (κ3) is 7.76. The number of rotatable bonds is 8. The van der Waals surface area contributed by atoms with Crippen molar-refractivity contribution in [1.82, 2.24) is 8.96 Å². The molecule has 0 unspecified atom stereocenters. The SMILES string of the molecule is Cc1cc(-c2ccccc2)cc(C)c1B1c2cc3c(cc2-c2cc(-c4ccccc4)cc4c5cc(-c6ccccc6)ccc5n1c24)B(c1c(C)cc(-c2ccccc2)cc1C)n1c2ccc(-c4ccccc4)cc2c2cc(-c4ccccc4)cc-3c21. The lowest BCUT2D eigenvalue weighted by Crippen LogP contribution is -2.56. The quantitative estimate of drug-likeness (QED) is 0.134. The van der Waals surface area contributed by atoms with Crippen molar-refractivity contribution >= 4 is 79.2 Å². The average molecular weight is 1090 g/mol. The minimum absolute atomic E-state index is 0.168. The molecule has 0 radical (unpaired) electrons. The number of nitrogens with zero attached hydrogens (tertiary/aromatic N) is 2. The summed E-state index contributed by atoms with van der Waals surface area (Å²) in [6, 6.07) is 105. The molecule has 2 aliphatic rings. The fourth-order valence-electron chi connectivity index (χ4n) is 15.3. The number of fused-ring (bicyclic) bond motifs is 10. The first-order valence-electron chi connectivity index (χ1n) is 30.3. The van der Waals surface area contributed by atoms with Gasteiger partial charge < -0.3 is 8.96 Å². The molecule has 0 aliphatic carbocycles. The van der Waals surface area contributed by atoms with E-state index >= 15 is 0 Å². The summed E-state index contributed by atoms with van der Waals surface area (Å²) in [4.78, 5) is 0. The van der Waals surface area contributed by atoms with Crippen LogP contribution in [0.3, 0.4) is 0 Å². The Balaban J connectivity index is 1.03. The standard InChI is InChI=1S/C82H58B2N2/c1-51-39-63(57-27-15-7-16-28-57)40-52(2)79(51)83-75-49-68-72-46-66(60-33-21-10-22-34-60)48-74-70-44-62(56-25-13-6-14-26-56)36-38-78(70)86(82(72)74)84(80-53(3)41-64(42-54(80)4)58-29-17-8-18-30-58)76(68)50-67(75)71-45-65(59-31-19-9-20-32-59)47-73-69-43-61(55-23-11-5-12-24-55)35-37-77(69)85(83)81(71)73/h5-50H,1-4H3. The molecule has 0 fully saturated rings. The zero-order valence-electron chi connectivity index (χ0n) is 48.6. The van der Waals surface area contributed by atoms with Crippen LogP contribution >= 0.6 is 0 Å². The molecule has 2 aromatic heterocycles. The summed E-state index contributed by atoms with van der Waals surface area (Å²) in [6.45, 7) is 9.08. The van der Waals surface area contributed by atoms with E-state index in [4.69, 9.17) is 0 Å². The second-order valence-electron chi connectivity index (χ2n) is 24.1. The summed E-state index contributed by atoms with van der Waals surface area (Å²) in [6.07, 6.45) is 0. The Hall–Kier alpha value is -10.4. The summed E-state index contributed by atoms with van der Waals surface area (Å²) < 4.78 is 5.48. The van der Waals surface area contributed by atoms with E-state index in [2.05, 4.69) is 316 Å². The summed E-state index contributed by atoms with van der Waals surface area (Å²) in [7, 11) is 0. The fraction of sp³-hybridized carbons (Fsp3) is 0.0488. The van der Waals surface area contributed by atoms with Crippen molar-refractivity contribution in [3.8, 4) is 89.0 Å². The minimum Gasteiger partial charge on any atom is -0.375 e. The third-order valence-corrected chi connectivity index (χ3v) is 19.1. The molecule has 17 rings (SSSR count). The number of hydrogen-bond donors (Lipinski definition) is 0. The van der Waals surface area contributed by atoms with E-state index in [1.165, 1.54) is 177 Å². The highest BCUT2D eigenvalue weighted by atomic mass is 14.9. The van der Waals surface area contributed by atoms with E-state index < -0.39 is 0 Å². The molecule has 0 atom stereocenters. The van der Waals surface area contributed by atoms with E-state index in [1.54, 1.807) is 0 Å². The normalized spacial score (nSPS) is 12.4. The molecule has 402 valence electrons. The van der Waals surface area contributed by atoms with Gasteiger partial charge in [-0.3, -0.25) is 0 Å². The topological polar surface area (TPSA) is 9.86 Å². The first-order valence-corrected chi connectivity index (χ1v) is 30.3. The Labute approximate surface area is 503 Å². The Morgan fingerprint density at radius 3 is 0.791 bits per heavy atom. The van der Waals surface area contributed by atoms with Gasteiger partial charge in [-0.25, -0.2) is 0 Å². The van der Waals surface area contributed by atoms with Crippen LogP contribution in [0.15, 0.2) is 279 Å². The van der Waals surface area contributed by atoms with Crippen LogP contribution in [0.25, 0.3) is 133 Å². The lowest BCUT2D eigenvalue weighted by atomic mass is 9.42. The van der Waals surface area contributed by atoms with Gasteiger partial charge in [0.05, 0.1) is 0 Å². The molecule has 0 bridgehead atoms. The van der Waals surface area contributed by atoms with Gasteiger partial charge in [-0.05, 0) is 176 Å². The molecular formula is C82H58B2N2. The van der Waals surface area contributed by atoms with E-state index in [0.29, 0.717) is 0 Å². The van der Waals surface area contributed by atoms with Crippen LogP contribution < -0.4 is 21.9 Å². The summed E-state index contributed by atoms with van der Waals surface area (Å²) >= 11 is 0. The smallest absolute Gasteiger partial charge is 0.329 e. The fourth-order valence-corrected chi connectivity index (χ4v) is 15.3. The maximum Gasteiger partial charge on any atom is 0.329 e. The highest BCUT2D eigenvalue weighted by Crippen LogP contribution is 2.47. The minimum atomic E-state index is -0.168. The average Bonchev–Trinajstić information content (AvgIpc) is 1.44. The van der Waals surface area contributed by atoms with Gasteiger partial charge in [0.25, 0.3) is 0 Å². The first kappa shape index (κ1) is 50.1. The Bertz CT molecular complexity index is 4860. The first-order chi connectivity index (χ1) is 42.3. The van der Waals surface area contributed by atoms with Crippen molar-refractivity contribution in [2.75, 3.05) is 0 Å². The Morgan fingerprint density at radius 1 is 0.221 bits per heavy atom. The third-order valence-electron chi connectivity index (χ3n) is 19.1. The predicted octanol–water partition coefficient (Wildman–Crippen LogP) is 18.4. The van der Waals surface area contributed by atoms with E-state index in [-0.39, 0.29) is 13.7 Å². The molecule has 2 nitrogen and oxygen atoms in total. The lowest BCUT2D eigenvalue weighted by molar-refractivity contribution is 1.30. The summed E-state index contributed by atoms with van der Waals surface area (Å²) in [5.74, 6) is 0. The van der Waals surface area contributed by atoms with Crippen LogP contribution in [-0.4, -0.2) is 22.7 Å². The molecule has 0 amide bonds. The lowest BCUT2D eigenvalue weighted by Gasteiger charge is -2.35. The monoisotopic (exact) mass is 1090 g/mol. The van der Waals surface area contributed by atoms with Crippen molar-refractivity contribution in [3.63, 3.8) is 0 Å². The van der Waals surface area contributed by atoms with E-state index in [1.807, 2.05) is 0 Å². The highest BCUT2D eigenvalue weighted by Gasteiger charge is 2.42. The molecule has 4 heterocycles. The molecule has 15 aromatic rings. The maximum atomic E-state index is 2.74. The van der Waals surface area contributed by atoms with Gasteiger partial charge in [0.1, 0.15) is 0 Å². The molecule has 4 heteroatoms. The molecule has 86 heavy (non-hydrogen) atoms. The van der Waals surface area contributed by atoms with Crippen LogP contribution in [0.1, 0.15) is 22.3 Å². The molecule has 0 N–H and O–H groups in total. The number of benzene rings is 13. The Kier molecular flexibility index (Phi) is 11.4. The van der Waals surface area contributed by atoms with Crippen molar-refractivity contribution < 1.29 is 0 Å². The molecule has 0 spiro atoms. The predicted molar refractivity (Wildman–Crippen MR) is 369 cm³/mol. The zero-order valence-corrected chi connectivity index (χ0v) is 48.6. The molecule has 2 aliphatic heterocycles. The molecule has 0 saturated carbocycles. The van der Waals surface area contributed by atoms with Crippen molar-refractivity contribution in [1.29, 1.82) is 0 Å². The van der Waals surface area contributed by atoms with Crippen LogP contribution in [0.4, 0.5) is 0 Å².